The summed E-state index contributed by atoms with van der Waals surface area (Å²) < 4.78 is 18.4. The third-order valence-corrected chi connectivity index (χ3v) is 4.57. The van der Waals surface area contributed by atoms with Gasteiger partial charge in [-0.2, -0.15) is 0 Å². The zero-order valence-corrected chi connectivity index (χ0v) is 14.6. The molecule has 0 spiro atoms. The summed E-state index contributed by atoms with van der Waals surface area (Å²) in [6.07, 6.45) is 2.66. The van der Waals surface area contributed by atoms with Gasteiger partial charge < -0.3 is 9.32 Å². The van der Waals surface area contributed by atoms with E-state index in [-0.39, 0.29) is 29.2 Å². The third kappa shape index (κ3) is 4.69. The van der Waals surface area contributed by atoms with E-state index in [4.69, 9.17) is 4.42 Å². The van der Waals surface area contributed by atoms with Gasteiger partial charge in [0, 0.05) is 18.5 Å². The highest BCUT2D eigenvalue weighted by Gasteiger charge is 2.23. The lowest BCUT2D eigenvalue weighted by Gasteiger charge is -2.14. The molecule has 3 rings (SSSR count). The van der Waals surface area contributed by atoms with Crippen molar-refractivity contribution in [1.29, 1.82) is 0 Å². The molecule has 0 aliphatic carbocycles. The first-order valence-corrected chi connectivity index (χ1v) is 8.95. The molecule has 0 saturated carbocycles. The summed E-state index contributed by atoms with van der Waals surface area (Å²) in [6.45, 7) is 0.431. The average Bonchev–Trinajstić information content (AvgIpc) is 3.23. The molecule has 1 aromatic carbocycles. The number of aromatic nitrogens is 1. The number of nitrogens with one attached hydrogen (secondary N) is 1. The van der Waals surface area contributed by atoms with E-state index in [0.717, 1.165) is 18.2 Å². The maximum Gasteiger partial charge on any atom is 0.256 e. The lowest BCUT2D eigenvalue weighted by molar-refractivity contribution is -0.135. The zero-order valence-electron chi connectivity index (χ0n) is 13.7. The first-order chi connectivity index (χ1) is 12.5. The molecule has 136 valence electrons. The van der Waals surface area contributed by atoms with Crippen LogP contribution in [0, 0.1) is 5.82 Å². The minimum absolute atomic E-state index is 0.0525. The fourth-order valence-electron chi connectivity index (χ4n) is 2.48. The van der Waals surface area contributed by atoms with Gasteiger partial charge in [0.2, 0.25) is 17.7 Å². The average molecular weight is 377 g/mol. The van der Waals surface area contributed by atoms with E-state index in [2.05, 4.69) is 10.3 Å². The number of hydrogen-bond acceptors (Lipinski definition) is 6. The summed E-state index contributed by atoms with van der Waals surface area (Å²) >= 11 is 1.04. The highest BCUT2D eigenvalue weighted by atomic mass is 32.2. The number of thioether (sulfide) groups is 1. The Labute approximate surface area is 152 Å². The second-order valence-corrected chi connectivity index (χ2v) is 6.60. The van der Waals surface area contributed by atoms with Crippen molar-refractivity contribution in [1.82, 2.24) is 15.2 Å². The fraction of sp³-hybridized carbons (Fsp3) is 0.294. The van der Waals surface area contributed by atoms with E-state index in [1.165, 1.54) is 23.2 Å². The fourth-order valence-corrected chi connectivity index (χ4v) is 3.08. The summed E-state index contributed by atoms with van der Waals surface area (Å²) in [5, 5.41) is 2.50. The normalized spacial score (nSPS) is 13.9. The van der Waals surface area contributed by atoms with Gasteiger partial charge in [0.05, 0.1) is 18.5 Å². The van der Waals surface area contributed by atoms with Crippen molar-refractivity contribution in [3.05, 3.63) is 36.3 Å². The molecular weight excluding hydrogens is 361 g/mol. The van der Waals surface area contributed by atoms with Gasteiger partial charge in [-0.15, -0.1) is 0 Å². The summed E-state index contributed by atoms with van der Waals surface area (Å²) in [5.74, 6) is -1.02. The van der Waals surface area contributed by atoms with Gasteiger partial charge in [0.1, 0.15) is 5.82 Å². The van der Waals surface area contributed by atoms with E-state index in [9.17, 15) is 18.8 Å². The second kappa shape index (κ2) is 8.13. The second-order valence-electron chi connectivity index (χ2n) is 5.68. The first-order valence-electron chi connectivity index (χ1n) is 7.96. The number of nitrogens with zero attached hydrogens (tertiary/aromatic N) is 2. The molecule has 0 radical (unpaired) electrons. The summed E-state index contributed by atoms with van der Waals surface area (Å²) in [4.78, 5) is 40.5. The van der Waals surface area contributed by atoms with E-state index >= 15 is 0 Å². The van der Waals surface area contributed by atoms with Crippen molar-refractivity contribution < 1.29 is 23.2 Å². The molecule has 0 unspecified atom stereocenters. The number of imide groups is 1. The summed E-state index contributed by atoms with van der Waals surface area (Å²) in [7, 11) is 0. The molecule has 1 saturated heterocycles. The van der Waals surface area contributed by atoms with Gasteiger partial charge in [-0.05, 0) is 30.7 Å². The molecule has 1 aliphatic heterocycles. The molecule has 1 aliphatic rings. The highest BCUT2D eigenvalue weighted by molar-refractivity contribution is 7.99. The summed E-state index contributed by atoms with van der Waals surface area (Å²) in [5.41, 5.74) is 0.667. The van der Waals surface area contributed by atoms with Gasteiger partial charge >= 0.3 is 0 Å². The summed E-state index contributed by atoms with van der Waals surface area (Å²) in [6, 6.07) is 5.76. The zero-order chi connectivity index (χ0) is 18.5. The van der Waals surface area contributed by atoms with Gasteiger partial charge in [-0.3, -0.25) is 19.7 Å². The monoisotopic (exact) mass is 377 g/mol. The van der Waals surface area contributed by atoms with Crippen LogP contribution in [-0.4, -0.2) is 46.4 Å². The first kappa shape index (κ1) is 18.1. The van der Waals surface area contributed by atoms with E-state index in [1.54, 1.807) is 12.1 Å². The van der Waals surface area contributed by atoms with E-state index in [0.29, 0.717) is 24.3 Å². The molecule has 1 fully saturated rings. The van der Waals surface area contributed by atoms with Crippen LogP contribution < -0.4 is 5.32 Å². The van der Waals surface area contributed by atoms with Crippen LogP contribution >= 0.6 is 11.8 Å². The van der Waals surface area contributed by atoms with Crippen molar-refractivity contribution in [2.75, 3.05) is 18.8 Å². The van der Waals surface area contributed by atoms with Crippen molar-refractivity contribution in [2.45, 2.75) is 18.1 Å². The van der Waals surface area contributed by atoms with Crippen LogP contribution in [0.1, 0.15) is 12.8 Å². The van der Waals surface area contributed by atoms with E-state index < -0.39 is 11.8 Å². The Bertz CT molecular complexity index is 822. The van der Waals surface area contributed by atoms with Gasteiger partial charge in [-0.25, -0.2) is 9.37 Å². The predicted molar refractivity (Wildman–Crippen MR) is 91.6 cm³/mol. The van der Waals surface area contributed by atoms with Gasteiger partial charge in [-0.1, -0.05) is 11.8 Å². The Morgan fingerprint density at radius 3 is 2.73 bits per heavy atom. The molecular formula is C17H16FN3O4S. The number of carbonyl (C=O) groups is 3. The van der Waals surface area contributed by atoms with Crippen LogP contribution in [0.15, 0.2) is 40.1 Å². The van der Waals surface area contributed by atoms with Crippen LogP contribution in [0.4, 0.5) is 4.39 Å². The number of halogens is 1. The Kier molecular flexibility index (Phi) is 5.67. The minimum atomic E-state index is -0.509. The third-order valence-electron chi connectivity index (χ3n) is 3.72. The van der Waals surface area contributed by atoms with Crippen molar-refractivity contribution in [3.63, 3.8) is 0 Å². The minimum Gasteiger partial charge on any atom is -0.431 e. The van der Waals surface area contributed by atoms with Crippen molar-refractivity contribution >= 4 is 29.5 Å². The molecule has 26 heavy (non-hydrogen) atoms. The SMILES string of the molecule is O=C(CSc1ncc(-c2ccc(F)cc2)o1)NC(=O)CN1CCCC1=O. The molecule has 2 heterocycles. The van der Waals surface area contributed by atoms with E-state index in [1.807, 2.05) is 0 Å². The standard InChI is InChI=1S/C17H16FN3O4S/c18-12-5-3-11(4-6-12)13-8-19-17(25-13)26-10-15(23)20-14(22)9-21-7-1-2-16(21)24/h3-6,8H,1-2,7,9-10H2,(H,20,22,23). The number of carbonyl (C=O) groups excluding carboxylic acids is 3. The lowest BCUT2D eigenvalue weighted by Crippen LogP contribution is -2.41. The molecule has 7 nitrogen and oxygen atoms in total. The Morgan fingerprint density at radius 1 is 1.27 bits per heavy atom. The molecule has 2 aromatic rings. The lowest BCUT2D eigenvalue weighted by atomic mass is 10.2. The number of hydrogen-bond donors (Lipinski definition) is 1. The largest absolute Gasteiger partial charge is 0.431 e. The Balaban J connectivity index is 1.46. The topological polar surface area (TPSA) is 92.5 Å². The van der Waals surface area contributed by atoms with Crippen LogP contribution in [0.2, 0.25) is 0 Å². The number of oxazole rings is 1. The maximum absolute atomic E-state index is 12.9. The number of benzene rings is 1. The quantitative estimate of drug-likeness (QED) is 0.773. The van der Waals surface area contributed by atoms with Crippen LogP contribution in [0.25, 0.3) is 11.3 Å². The smallest absolute Gasteiger partial charge is 0.256 e. The Morgan fingerprint density at radius 2 is 2.04 bits per heavy atom. The van der Waals surface area contributed by atoms with Gasteiger partial charge in [0.25, 0.3) is 5.22 Å². The van der Waals surface area contributed by atoms with Crippen LogP contribution in [0.3, 0.4) is 0 Å². The molecule has 1 aromatic heterocycles. The van der Waals surface area contributed by atoms with Crippen molar-refractivity contribution in [2.24, 2.45) is 0 Å². The van der Waals surface area contributed by atoms with Crippen LogP contribution in [-0.2, 0) is 14.4 Å². The molecule has 0 bridgehead atoms. The number of rotatable bonds is 6. The number of likely N-dealkylation sites (tertiary alicyclic amines) is 1. The Hall–Kier alpha value is -2.68. The highest BCUT2D eigenvalue weighted by Crippen LogP contribution is 2.25. The molecule has 3 amide bonds. The molecule has 1 N–H and O–H groups in total. The van der Waals surface area contributed by atoms with Crippen molar-refractivity contribution in [3.8, 4) is 11.3 Å². The predicted octanol–water partition coefficient (Wildman–Crippen LogP) is 1.84. The maximum atomic E-state index is 12.9. The number of amides is 3. The van der Waals surface area contributed by atoms with Gasteiger partial charge in [0.15, 0.2) is 5.76 Å². The van der Waals surface area contributed by atoms with Crippen LogP contribution in [0.5, 0.6) is 0 Å². The molecule has 9 heteroatoms. The molecule has 0 atom stereocenters.